The summed E-state index contributed by atoms with van der Waals surface area (Å²) in [6.07, 6.45) is 18.4. The summed E-state index contributed by atoms with van der Waals surface area (Å²) in [4.78, 5) is 46.5. The van der Waals surface area contributed by atoms with Gasteiger partial charge in [0, 0.05) is 24.9 Å². The van der Waals surface area contributed by atoms with Crippen LogP contribution >= 0.6 is 0 Å². The van der Waals surface area contributed by atoms with Crippen LogP contribution in [0.15, 0.2) is 11.6 Å². The lowest BCUT2D eigenvalue weighted by molar-refractivity contribution is -0.194. The first kappa shape index (κ1) is 30.9. The fraction of sp³-hybridized carbons (Fsp3) is 0.811. The van der Waals surface area contributed by atoms with E-state index in [9.17, 15) is 14.4 Å². The van der Waals surface area contributed by atoms with Gasteiger partial charge in [0.05, 0.1) is 11.5 Å². The Balaban J connectivity index is 1.36. The van der Waals surface area contributed by atoms with Crippen molar-refractivity contribution in [3.63, 3.8) is 0 Å². The molecular formula is C37H54N2O4. The zero-order valence-corrected chi connectivity index (χ0v) is 27.9. The van der Waals surface area contributed by atoms with E-state index in [2.05, 4.69) is 65.9 Å². The van der Waals surface area contributed by atoms with Gasteiger partial charge in [0.1, 0.15) is 0 Å². The predicted molar refractivity (Wildman–Crippen MR) is 167 cm³/mol. The Labute approximate surface area is 259 Å². The van der Waals surface area contributed by atoms with E-state index in [1.807, 2.05) is 0 Å². The predicted octanol–water partition coefficient (Wildman–Crippen LogP) is 6.99. The summed E-state index contributed by atoms with van der Waals surface area (Å²) in [6.45, 7) is 18.0. The number of ketones is 1. The first-order valence-corrected chi connectivity index (χ1v) is 17.0. The van der Waals surface area contributed by atoms with Gasteiger partial charge in [-0.2, -0.15) is 0 Å². The molecule has 43 heavy (non-hydrogen) atoms. The summed E-state index contributed by atoms with van der Waals surface area (Å²) in [5.74, 6) is 0.694. The zero-order valence-electron chi connectivity index (χ0n) is 27.9. The van der Waals surface area contributed by atoms with Crippen molar-refractivity contribution in [1.82, 2.24) is 10.4 Å². The molecule has 6 heteroatoms. The summed E-state index contributed by atoms with van der Waals surface area (Å²) in [7, 11) is 0. The summed E-state index contributed by atoms with van der Waals surface area (Å²) < 4.78 is 0. The number of rotatable bonds is 4. The van der Waals surface area contributed by atoms with Crippen molar-refractivity contribution in [2.75, 3.05) is 0 Å². The molecule has 6 nitrogen and oxygen atoms in total. The Kier molecular flexibility index (Phi) is 6.95. The second-order valence-corrected chi connectivity index (χ2v) is 17.4. The summed E-state index contributed by atoms with van der Waals surface area (Å²) >= 11 is 0. The number of hydroxylamine groups is 2. The number of nitrogens with one attached hydrogen (secondary N) is 1. The van der Waals surface area contributed by atoms with Crippen LogP contribution in [0.5, 0.6) is 0 Å². The lowest BCUT2D eigenvalue weighted by atomic mass is 9.33. The Morgan fingerprint density at radius 3 is 2.26 bits per heavy atom. The summed E-state index contributed by atoms with van der Waals surface area (Å²) in [5.41, 5.74) is 0.252. The molecule has 0 saturated heterocycles. The molecular weight excluding hydrogens is 536 g/mol. The van der Waals surface area contributed by atoms with Crippen molar-refractivity contribution in [3.05, 3.63) is 11.6 Å². The van der Waals surface area contributed by atoms with Crippen LogP contribution in [0, 0.1) is 62.7 Å². The van der Waals surface area contributed by atoms with Crippen LogP contribution in [0.2, 0.25) is 0 Å². The number of fused-ring (bicyclic) bond motifs is 7. The molecule has 0 aromatic carbocycles. The lowest BCUT2D eigenvalue weighted by Gasteiger charge is -2.70. The first-order chi connectivity index (χ1) is 19.9. The molecule has 236 valence electrons. The lowest BCUT2D eigenvalue weighted by Crippen LogP contribution is -2.67. The minimum absolute atomic E-state index is 0.0313. The fourth-order valence-electron chi connectivity index (χ4n) is 11.6. The largest absolute Gasteiger partial charge is 0.353 e. The smallest absolute Gasteiger partial charge is 0.264 e. The van der Waals surface area contributed by atoms with Gasteiger partial charge in [-0.25, -0.2) is 0 Å². The molecule has 0 bridgehead atoms. The average molecular weight is 591 g/mol. The highest BCUT2D eigenvalue weighted by Gasteiger charge is 2.70. The van der Waals surface area contributed by atoms with E-state index in [-0.39, 0.29) is 62.9 Å². The van der Waals surface area contributed by atoms with Crippen LogP contribution in [0.3, 0.4) is 0 Å². The van der Waals surface area contributed by atoms with Gasteiger partial charge >= 0.3 is 0 Å². The van der Waals surface area contributed by atoms with Gasteiger partial charge in [0.25, 0.3) is 5.91 Å². The molecule has 0 radical (unpaired) electrons. The minimum Gasteiger partial charge on any atom is -0.353 e. The van der Waals surface area contributed by atoms with E-state index in [1.165, 1.54) is 10.6 Å². The fourth-order valence-corrected chi connectivity index (χ4v) is 11.6. The quantitative estimate of drug-likeness (QED) is 0.218. The molecule has 2 amide bonds. The molecule has 5 saturated carbocycles. The molecule has 6 aliphatic carbocycles. The molecule has 0 aromatic rings. The number of hydrogen-bond donors (Lipinski definition) is 1. The van der Waals surface area contributed by atoms with E-state index in [4.69, 9.17) is 11.3 Å². The van der Waals surface area contributed by atoms with Crippen molar-refractivity contribution < 1.29 is 19.2 Å². The van der Waals surface area contributed by atoms with Crippen LogP contribution in [0.25, 0.3) is 0 Å². The van der Waals surface area contributed by atoms with E-state index < -0.39 is 5.41 Å². The Bertz CT molecular complexity index is 1310. The van der Waals surface area contributed by atoms with Crippen LogP contribution < -0.4 is 5.32 Å². The SMILES string of the molecule is C#CN(OC1CC1)C(=O)[C@@]1(C)CC[C@]2(C)CC[C@]3(C)C(=CC(=O)[C@@H]4[C@@]5(C)CC[C@H](NC(C)=O)C(C)(C)C5CC[C@]43C)[C@@H]2C1. The van der Waals surface area contributed by atoms with Gasteiger partial charge in [0.2, 0.25) is 5.91 Å². The van der Waals surface area contributed by atoms with Crippen molar-refractivity contribution >= 4 is 17.6 Å². The number of nitrogens with zero attached hydrogens (tertiary/aromatic N) is 1. The molecule has 0 aromatic heterocycles. The third-order valence-corrected chi connectivity index (χ3v) is 14.6. The van der Waals surface area contributed by atoms with E-state index in [0.29, 0.717) is 18.1 Å². The maximum Gasteiger partial charge on any atom is 0.264 e. The number of amides is 2. The molecule has 0 aliphatic heterocycles. The van der Waals surface area contributed by atoms with E-state index in [0.717, 1.165) is 64.2 Å². The third-order valence-electron chi connectivity index (χ3n) is 14.6. The Hall–Kier alpha value is -2.13. The highest BCUT2D eigenvalue weighted by molar-refractivity contribution is 5.96. The van der Waals surface area contributed by atoms with Crippen molar-refractivity contribution in [2.24, 2.45) is 50.2 Å². The number of allylic oxidation sites excluding steroid dienone is 2. The van der Waals surface area contributed by atoms with Gasteiger partial charge in [-0.1, -0.05) is 60.5 Å². The maximum absolute atomic E-state index is 14.7. The molecule has 0 heterocycles. The molecule has 1 N–H and O–H groups in total. The second-order valence-electron chi connectivity index (χ2n) is 17.4. The second kappa shape index (κ2) is 9.68. The highest BCUT2D eigenvalue weighted by atomic mass is 16.7. The zero-order chi connectivity index (χ0) is 31.4. The van der Waals surface area contributed by atoms with Gasteiger partial charge in [-0.15, -0.1) is 5.06 Å². The highest BCUT2D eigenvalue weighted by Crippen LogP contribution is 2.75. The molecule has 1 unspecified atom stereocenters. The molecule has 6 rings (SSSR count). The number of carbonyl (C=O) groups is 3. The number of carbonyl (C=O) groups excluding carboxylic acids is 3. The van der Waals surface area contributed by atoms with E-state index in [1.54, 1.807) is 6.92 Å². The molecule has 9 atom stereocenters. The van der Waals surface area contributed by atoms with Crippen LogP contribution in [-0.4, -0.2) is 34.8 Å². The topological polar surface area (TPSA) is 75.7 Å². The molecule has 5 fully saturated rings. The Morgan fingerprint density at radius 2 is 1.63 bits per heavy atom. The van der Waals surface area contributed by atoms with Gasteiger partial charge in [-0.05, 0) is 116 Å². The van der Waals surface area contributed by atoms with Crippen LogP contribution in [0.1, 0.15) is 126 Å². The molecule has 6 aliphatic rings. The van der Waals surface area contributed by atoms with Gasteiger partial charge in [0.15, 0.2) is 5.78 Å². The van der Waals surface area contributed by atoms with Crippen molar-refractivity contribution in [1.29, 1.82) is 0 Å². The van der Waals surface area contributed by atoms with E-state index >= 15 is 0 Å². The minimum atomic E-state index is -0.624. The van der Waals surface area contributed by atoms with Crippen molar-refractivity contribution in [2.45, 2.75) is 138 Å². The van der Waals surface area contributed by atoms with Crippen LogP contribution in [-0.2, 0) is 19.2 Å². The summed E-state index contributed by atoms with van der Waals surface area (Å²) in [6, 6.07) is 2.64. The van der Waals surface area contributed by atoms with Gasteiger partial charge in [-0.3, -0.25) is 19.2 Å². The Morgan fingerprint density at radius 1 is 0.953 bits per heavy atom. The summed E-state index contributed by atoms with van der Waals surface area (Å²) in [5, 5.41) is 4.44. The number of hydrogen-bond acceptors (Lipinski definition) is 4. The van der Waals surface area contributed by atoms with Gasteiger partial charge < -0.3 is 5.32 Å². The monoisotopic (exact) mass is 590 g/mol. The normalized spacial score (nSPS) is 46.6. The standard InChI is InChI=1S/C37H54N2O4/c1-10-39(43-24-11-12-24)31(42)34(6)18-17-33(5)19-20-36(8)25(26(33)22-34)21-27(41)30-35(7)15-14-29(38-23(2)40)32(3,4)28(35)13-16-37(30,36)9/h1,21,24,26,28-30H,11-20,22H2,2-9H3,(H,38,40)/t26-,28?,29-,30+,33+,34-,35-,36+,37+/m0/s1. The third kappa shape index (κ3) is 4.33. The van der Waals surface area contributed by atoms with Crippen LogP contribution in [0.4, 0.5) is 0 Å². The maximum atomic E-state index is 14.7. The van der Waals surface area contributed by atoms with Crippen molar-refractivity contribution in [3.8, 4) is 12.5 Å². The first-order valence-electron chi connectivity index (χ1n) is 17.0. The molecule has 0 spiro atoms. The number of terminal acetylenes is 1. The average Bonchev–Trinajstić information content (AvgIpc) is 3.75.